The van der Waals surface area contributed by atoms with Crippen LogP contribution in [-0.2, 0) is 4.79 Å². The molecule has 1 amide bonds. The Kier molecular flexibility index (Phi) is 3.59. The van der Waals surface area contributed by atoms with Gasteiger partial charge < -0.3 is 9.80 Å². The Morgan fingerprint density at radius 1 is 1.25 bits per heavy atom. The summed E-state index contributed by atoms with van der Waals surface area (Å²) in [6, 6.07) is 2.26. The van der Waals surface area contributed by atoms with Crippen molar-refractivity contribution in [2.24, 2.45) is 11.8 Å². The number of hydrogen-bond acceptors (Lipinski definition) is 4. The van der Waals surface area contributed by atoms with E-state index < -0.39 is 0 Å². The molecule has 5 nitrogen and oxygen atoms in total. The molecule has 2 fully saturated rings. The van der Waals surface area contributed by atoms with Crippen molar-refractivity contribution in [3.63, 3.8) is 0 Å². The minimum absolute atomic E-state index is 0.101. The zero-order valence-corrected chi connectivity index (χ0v) is 12.2. The molecule has 0 bridgehead atoms. The number of rotatable bonds is 2. The molecule has 2 atom stereocenters. The number of fused-ring (bicyclic) bond motifs is 1. The standard InChI is InChI=1S/C15H22N4O/c1-11(2)14(20)19-9-4-12-10-18(8-5-13(12)19)15-16-6-3-7-17-15/h3,6-7,11-13H,4-5,8-10H2,1-2H3. The molecule has 1 aromatic heterocycles. The van der Waals surface area contributed by atoms with Gasteiger partial charge in [-0.25, -0.2) is 9.97 Å². The zero-order valence-electron chi connectivity index (χ0n) is 12.2. The summed E-state index contributed by atoms with van der Waals surface area (Å²) >= 11 is 0. The lowest BCUT2D eigenvalue weighted by Crippen LogP contribution is -2.48. The molecular weight excluding hydrogens is 252 g/mol. The van der Waals surface area contributed by atoms with Crippen molar-refractivity contribution >= 4 is 11.9 Å². The fraction of sp³-hybridized carbons (Fsp3) is 0.667. The quantitative estimate of drug-likeness (QED) is 0.821. The molecule has 0 aliphatic carbocycles. The fourth-order valence-electron chi connectivity index (χ4n) is 3.43. The smallest absolute Gasteiger partial charge is 0.225 e. The van der Waals surface area contributed by atoms with E-state index in [0.29, 0.717) is 17.9 Å². The van der Waals surface area contributed by atoms with Crippen LogP contribution in [0.3, 0.4) is 0 Å². The van der Waals surface area contributed by atoms with E-state index in [9.17, 15) is 4.79 Å². The van der Waals surface area contributed by atoms with E-state index in [2.05, 4.69) is 19.8 Å². The third kappa shape index (κ3) is 2.37. The van der Waals surface area contributed by atoms with Gasteiger partial charge in [0.2, 0.25) is 11.9 Å². The second kappa shape index (κ2) is 5.38. The number of nitrogens with zero attached hydrogens (tertiary/aromatic N) is 4. The van der Waals surface area contributed by atoms with Crippen molar-refractivity contribution in [3.8, 4) is 0 Å². The van der Waals surface area contributed by atoms with Crippen molar-refractivity contribution in [3.05, 3.63) is 18.5 Å². The number of piperidine rings is 1. The Morgan fingerprint density at radius 3 is 2.70 bits per heavy atom. The second-order valence-corrected chi connectivity index (χ2v) is 6.09. The molecule has 2 aliphatic heterocycles. The van der Waals surface area contributed by atoms with Gasteiger partial charge >= 0.3 is 0 Å². The van der Waals surface area contributed by atoms with Crippen LogP contribution in [0.25, 0.3) is 0 Å². The highest BCUT2D eigenvalue weighted by atomic mass is 16.2. The normalized spacial score (nSPS) is 25.9. The molecule has 2 aliphatic rings. The van der Waals surface area contributed by atoms with Gasteiger partial charge in [0, 0.05) is 44.0 Å². The largest absolute Gasteiger partial charge is 0.340 e. The summed E-state index contributed by atoms with van der Waals surface area (Å²) in [6.07, 6.45) is 5.71. The number of carbonyl (C=O) groups excluding carboxylic acids is 1. The summed E-state index contributed by atoms with van der Waals surface area (Å²) in [7, 11) is 0. The Balaban J connectivity index is 1.68. The third-order valence-electron chi connectivity index (χ3n) is 4.45. The van der Waals surface area contributed by atoms with Gasteiger partial charge in [0.15, 0.2) is 0 Å². The van der Waals surface area contributed by atoms with Crippen LogP contribution in [0.4, 0.5) is 5.95 Å². The highest BCUT2D eigenvalue weighted by Crippen LogP contribution is 2.33. The average molecular weight is 274 g/mol. The molecule has 0 saturated carbocycles. The van der Waals surface area contributed by atoms with Crippen LogP contribution in [0, 0.1) is 11.8 Å². The summed E-state index contributed by atoms with van der Waals surface area (Å²) in [6.45, 7) is 6.80. The van der Waals surface area contributed by atoms with Gasteiger partial charge in [-0.2, -0.15) is 0 Å². The molecule has 0 spiro atoms. The van der Waals surface area contributed by atoms with Crippen molar-refractivity contribution in [2.75, 3.05) is 24.5 Å². The fourth-order valence-corrected chi connectivity index (χ4v) is 3.43. The number of carbonyl (C=O) groups is 1. The van der Waals surface area contributed by atoms with Gasteiger partial charge in [-0.15, -0.1) is 0 Å². The monoisotopic (exact) mass is 274 g/mol. The lowest BCUT2D eigenvalue weighted by Gasteiger charge is -2.38. The highest BCUT2D eigenvalue weighted by Gasteiger charge is 2.41. The van der Waals surface area contributed by atoms with Crippen LogP contribution in [0.15, 0.2) is 18.5 Å². The van der Waals surface area contributed by atoms with E-state index in [-0.39, 0.29) is 5.92 Å². The molecule has 0 radical (unpaired) electrons. The molecule has 108 valence electrons. The van der Waals surface area contributed by atoms with Gasteiger partial charge in [0.1, 0.15) is 0 Å². The Hall–Kier alpha value is -1.65. The summed E-state index contributed by atoms with van der Waals surface area (Å²) in [5.74, 6) is 1.79. The Labute approximate surface area is 120 Å². The van der Waals surface area contributed by atoms with Gasteiger partial charge in [0.25, 0.3) is 0 Å². The maximum absolute atomic E-state index is 12.2. The van der Waals surface area contributed by atoms with Crippen LogP contribution in [-0.4, -0.2) is 46.5 Å². The Morgan fingerprint density at radius 2 is 2.00 bits per heavy atom. The minimum atomic E-state index is 0.101. The highest BCUT2D eigenvalue weighted by molar-refractivity contribution is 5.78. The maximum Gasteiger partial charge on any atom is 0.225 e. The molecule has 3 heterocycles. The van der Waals surface area contributed by atoms with E-state index >= 15 is 0 Å². The average Bonchev–Trinajstić information content (AvgIpc) is 2.90. The van der Waals surface area contributed by atoms with Gasteiger partial charge in [-0.3, -0.25) is 4.79 Å². The molecule has 2 saturated heterocycles. The first kappa shape index (κ1) is 13.3. The molecule has 3 rings (SSSR count). The SMILES string of the molecule is CC(C)C(=O)N1CCC2CN(c3ncccn3)CCC21. The first-order valence-corrected chi connectivity index (χ1v) is 7.49. The van der Waals surface area contributed by atoms with Crippen LogP contribution >= 0.6 is 0 Å². The first-order chi connectivity index (χ1) is 9.66. The number of amides is 1. The molecule has 2 unspecified atom stereocenters. The van der Waals surface area contributed by atoms with Crippen LogP contribution < -0.4 is 4.90 Å². The molecule has 5 heteroatoms. The topological polar surface area (TPSA) is 49.3 Å². The molecule has 0 N–H and O–H groups in total. The van der Waals surface area contributed by atoms with Crippen molar-refractivity contribution < 1.29 is 4.79 Å². The summed E-state index contributed by atoms with van der Waals surface area (Å²) < 4.78 is 0. The minimum Gasteiger partial charge on any atom is -0.340 e. The van der Waals surface area contributed by atoms with Crippen molar-refractivity contribution in [1.82, 2.24) is 14.9 Å². The van der Waals surface area contributed by atoms with Crippen molar-refractivity contribution in [2.45, 2.75) is 32.7 Å². The molecule has 1 aromatic rings. The molecular formula is C15H22N4O. The number of hydrogen-bond donors (Lipinski definition) is 0. The van der Waals surface area contributed by atoms with Crippen molar-refractivity contribution in [1.29, 1.82) is 0 Å². The molecule has 0 aromatic carbocycles. The Bertz CT molecular complexity index is 476. The molecule has 20 heavy (non-hydrogen) atoms. The van der Waals surface area contributed by atoms with E-state index in [1.54, 1.807) is 12.4 Å². The van der Waals surface area contributed by atoms with E-state index in [0.717, 1.165) is 38.4 Å². The first-order valence-electron chi connectivity index (χ1n) is 7.49. The van der Waals surface area contributed by atoms with Gasteiger partial charge in [-0.05, 0) is 24.8 Å². The van der Waals surface area contributed by atoms with Gasteiger partial charge in [-0.1, -0.05) is 13.8 Å². The lowest BCUT2D eigenvalue weighted by atomic mass is 9.92. The predicted octanol–water partition coefficient (Wildman–Crippen LogP) is 1.56. The number of anilines is 1. The summed E-state index contributed by atoms with van der Waals surface area (Å²) in [5.41, 5.74) is 0. The second-order valence-electron chi connectivity index (χ2n) is 6.09. The predicted molar refractivity (Wildman–Crippen MR) is 77.3 cm³/mol. The van der Waals surface area contributed by atoms with Gasteiger partial charge in [0.05, 0.1) is 0 Å². The third-order valence-corrected chi connectivity index (χ3v) is 4.45. The maximum atomic E-state index is 12.2. The summed E-state index contributed by atoms with van der Waals surface area (Å²) in [5, 5.41) is 0. The summed E-state index contributed by atoms with van der Waals surface area (Å²) in [4.78, 5) is 25.3. The number of aromatic nitrogens is 2. The van der Waals surface area contributed by atoms with E-state index in [4.69, 9.17) is 0 Å². The lowest BCUT2D eigenvalue weighted by molar-refractivity contribution is -0.135. The van der Waals surface area contributed by atoms with Crippen LogP contribution in [0.5, 0.6) is 0 Å². The zero-order chi connectivity index (χ0) is 14.1. The van der Waals surface area contributed by atoms with Crippen LogP contribution in [0.1, 0.15) is 26.7 Å². The van der Waals surface area contributed by atoms with E-state index in [1.165, 1.54) is 0 Å². The van der Waals surface area contributed by atoms with Crippen LogP contribution in [0.2, 0.25) is 0 Å². The number of likely N-dealkylation sites (tertiary alicyclic amines) is 1. The van der Waals surface area contributed by atoms with E-state index in [1.807, 2.05) is 19.9 Å².